The van der Waals surface area contributed by atoms with Gasteiger partial charge in [-0.05, 0) is 33.3 Å². The number of hydrogen-bond acceptors (Lipinski definition) is 3. The van der Waals surface area contributed by atoms with E-state index in [0.29, 0.717) is 0 Å². The molecule has 4 nitrogen and oxygen atoms in total. The van der Waals surface area contributed by atoms with Crippen molar-refractivity contribution in [2.75, 3.05) is 0 Å². The zero-order valence-corrected chi connectivity index (χ0v) is 11.4. The van der Waals surface area contributed by atoms with Gasteiger partial charge in [0.15, 0.2) is 0 Å². The highest BCUT2D eigenvalue weighted by molar-refractivity contribution is 5.26. The molecule has 2 N–H and O–H groups in total. The molecule has 2 atom stereocenters. The Morgan fingerprint density at radius 2 is 1.72 bits per heavy atom. The minimum absolute atomic E-state index is 0.0208. The summed E-state index contributed by atoms with van der Waals surface area (Å²) in [6.07, 6.45) is 0. The summed E-state index contributed by atoms with van der Waals surface area (Å²) in [6, 6.07) is 8.44. The molecule has 0 aliphatic heterocycles. The molecule has 0 aliphatic carbocycles. The summed E-state index contributed by atoms with van der Waals surface area (Å²) in [5.41, 5.74) is 8.54. The molecule has 0 saturated carbocycles. The van der Waals surface area contributed by atoms with Crippen LogP contribution < -0.4 is 5.73 Å². The highest BCUT2D eigenvalue weighted by atomic mass is 15.4. The molecule has 1 aromatic heterocycles. The number of benzene rings is 1. The molecule has 0 amide bonds. The van der Waals surface area contributed by atoms with Gasteiger partial charge >= 0.3 is 0 Å². The van der Waals surface area contributed by atoms with E-state index in [9.17, 15) is 0 Å². The van der Waals surface area contributed by atoms with Crippen LogP contribution in [0.15, 0.2) is 24.3 Å². The lowest BCUT2D eigenvalue weighted by atomic mass is 10.00. The zero-order chi connectivity index (χ0) is 13.3. The van der Waals surface area contributed by atoms with E-state index in [2.05, 4.69) is 41.3 Å². The molecule has 96 valence electrons. The Morgan fingerprint density at radius 1 is 1.11 bits per heavy atom. The van der Waals surface area contributed by atoms with Crippen molar-refractivity contribution in [3.8, 4) is 0 Å². The van der Waals surface area contributed by atoms with Crippen LogP contribution in [0.4, 0.5) is 0 Å². The molecule has 0 spiro atoms. The van der Waals surface area contributed by atoms with Gasteiger partial charge in [-0.2, -0.15) is 5.10 Å². The van der Waals surface area contributed by atoms with E-state index in [0.717, 1.165) is 11.6 Å². The molecule has 2 unspecified atom stereocenters. The van der Waals surface area contributed by atoms with Crippen LogP contribution in [0.2, 0.25) is 0 Å². The molecule has 0 radical (unpaired) electrons. The van der Waals surface area contributed by atoms with Crippen molar-refractivity contribution in [3.63, 3.8) is 0 Å². The number of rotatable bonds is 3. The van der Waals surface area contributed by atoms with Gasteiger partial charge in [0.05, 0.1) is 6.04 Å². The minimum Gasteiger partial charge on any atom is -0.326 e. The highest BCUT2D eigenvalue weighted by Crippen LogP contribution is 2.22. The lowest BCUT2D eigenvalue weighted by Gasteiger charge is -2.22. The second-order valence-corrected chi connectivity index (χ2v) is 4.87. The molecule has 2 aromatic rings. The van der Waals surface area contributed by atoms with Crippen LogP contribution in [0.1, 0.15) is 35.7 Å². The van der Waals surface area contributed by atoms with E-state index in [4.69, 9.17) is 5.73 Å². The molecule has 18 heavy (non-hydrogen) atoms. The Bertz CT molecular complexity index is 525. The third-order valence-electron chi connectivity index (χ3n) is 3.09. The van der Waals surface area contributed by atoms with Gasteiger partial charge in [-0.15, -0.1) is 0 Å². The normalized spacial score (nSPS) is 14.5. The van der Waals surface area contributed by atoms with Crippen LogP contribution in [0.25, 0.3) is 0 Å². The van der Waals surface area contributed by atoms with Crippen molar-refractivity contribution in [3.05, 3.63) is 47.0 Å². The molecule has 1 aromatic carbocycles. The van der Waals surface area contributed by atoms with Crippen LogP contribution >= 0.6 is 0 Å². The number of aryl methyl sites for hydroxylation is 3. The summed E-state index contributed by atoms with van der Waals surface area (Å²) in [6.45, 7) is 7.94. The summed E-state index contributed by atoms with van der Waals surface area (Å²) in [7, 11) is 0. The van der Waals surface area contributed by atoms with Gasteiger partial charge in [0.25, 0.3) is 0 Å². The number of nitrogens with zero attached hydrogens (tertiary/aromatic N) is 3. The van der Waals surface area contributed by atoms with Crippen LogP contribution in [0.5, 0.6) is 0 Å². The molecule has 0 fully saturated rings. The van der Waals surface area contributed by atoms with Gasteiger partial charge < -0.3 is 5.73 Å². The average Bonchev–Trinajstić information content (AvgIpc) is 2.61. The average molecular weight is 244 g/mol. The lowest BCUT2D eigenvalue weighted by molar-refractivity contribution is 0.442. The summed E-state index contributed by atoms with van der Waals surface area (Å²) in [5.74, 6) is 1.68. The van der Waals surface area contributed by atoms with E-state index in [1.807, 2.05) is 25.5 Å². The summed E-state index contributed by atoms with van der Waals surface area (Å²) < 4.78 is 1.92. The Balaban J connectivity index is 2.46. The number of aromatic nitrogens is 3. The Kier molecular flexibility index (Phi) is 3.48. The predicted octanol–water partition coefficient (Wildman–Crippen LogP) is 2.14. The quantitative estimate of drug-likeness (QED) is 0.900. The molecular formula is C14H20N4. The third-order valence-corrected chi connectivity index (χ3v) is 3.09. The number of nitrogens with two attached hydrogens (primary N) is 1. The van der Waals surface area contributed by atoms with E-state index < -0.39 is 0 Å². The van der Waals surface area contributed by atoms with E-state index >= 15 is 0 Å². The predicted molar refractivity (Wildman–Crippen MR) is 72.5 cm³/mol. The molecule has 0 aliphatic rings. The fourth-order valence-corrected chi connectivity index (χ4v) is 2.23. The molecular weight excluding hydrogens is 224 g/mol. The largest absolute Gasteiger partial charge is 0.326 e. The first-order valence-electron chi connectivity index (χ1n) is 6.21. The van der Waals surface area contributed by atoms with Crippen molar-refractivity contribution >= 4 is 0 Å². The zero-order valence-electron chi connectivity index (χ0n) is 11.4. The lowest BCUT2D eigenvalue weighted by Crippen LogP contribution is -2.31. The van der Waals surface area contributed by atoms with E-state index in [1.54, 1.807) is 0 Å². The maximum atomic E-state index is 6.13. The topological polar surface area (TPSA) is 56.7 Å². The maximum Gasteiger partial charge on any atom is 0.147 e. The standard InChI is InChI=1S/C14H20N4/c1-9-5-7-13(8-6-9)14(10(2)15)18-12(4)16-11(3)17-18/h5-8,10,14H,15H2,1-4H3. The molecule has 4 heteroatoms. The van der Waals surface area contributed by atoms with Crippen molar-refractivity contribution < 1.29 is 0 Å². The Labute approximate surface area is 108 Å². The first-order valence-corrected chi connectivity index (χ1v) is 6.21. The van der Waals surface area contributed by atoms with Gasteiger partial charge in [-0.3, -0.25) is 0 Å². The van der Waals surface area contributed by atoms with Gasteiger partial charge in [0.1, 0.15) is 11.6 Å². The van der Waals surface area contributed by atoms with Crippen LogP contribution in [0.3, 0.4) is 0 Å². The first kappa shape index (κ1) is 12.8. The van der Waals surface area contributed by atoms with Crippen molar-refractivity contribution in [1.82, 2.24) is 14.8 Å². The molecule has 0 bridgehead atoms. The summed E-state index contributed by atoms with van der Waals surface area (Å²) >= 11 is 0. The van der Waals surface area contributed by atoms with Gasteiger partial charge in [-0.1, -0.05) is 29.8 Å². The van der Waals surface area contributed by atoms with Crippen molar-refractivity contribution in [2.24, 2.45) is 5.73 Å². The first-order chi connectivity index (χ1) is 8.49. The summed E-state index contributed by atoms with van der Waals surface area (Å²) in [5, 5.41) is 4.46. The fourth-order valence-electron chi connectivity index (χ4n) is 2.23. The smallest absolute Gasteiger partial charge is 0.147 e. The van der Waals surface area contributed by atoms with Gasteiger partial charge in [-0.25, -0.2) is 9.67 Å². The Hall–Kier alpha value is -1.68. The fraction of sp³-hybridized carbons (Fsp3) is 0.429. The summed E-state index contributed by atoms with van der Waals surface area (Å²) in [4.78, 5) is 4.35. The van der Waals surface area contributed by atoms with Gasteiger partial charge in [0.2, 0.25) is 0 Å². The molecule has 0 saturated heterocycles. The minimum atomic E-state index is -0.0208. The Morgan fingerprint density at radius 3 is 2.17 bits per heavy atom. The highest BCUT2D eigenvalue weighted by Gasteiger charge is 2.21. The second-order valence-electron chi connectivity index (χ2n) is 4.87. The van der Waals surface area contributed by atoms with Gasteiger partial charge in [0, 0.05) is 6.04 Å². The SMILES string of the molecule is Cc1ccc(C(C(C)N)n2nc(C)nc2C)cc1. The number of hydrogen-bond donors (Lipinski definition) is 1. The monoisotopic (exact) mass is 244 g/mol. The van der Waals surface area contributed by atoms with Crippen LogP contribution in [-0.4, -0.2) is 20.8 Å². The molecule has 1 heterocycles. The van der Waals surface area contributed by atoms with E-state index in [1.165, 1.54) is 11.1 Å². The van der Waals surface area contributed by atoms with Crippen molar-refractivity contribution in [1.29, 1.82) is 0 Å². The third kappa shape index (κ3) is 2.43. The maximum absolute atomic E-state index is 6.13. The second kappa shape index (κ2) is 4.90. The van der Waals surface area contributed by atoms with Crippen LogP contribution in [0, 0.1) is 20.8 Å². The van der Waals surface area contributed by atoms with E-state index in [-0.39, 0.29) is 12.1 Å². The van der Waals surface area contributed by atoms with Crippen LogP contribution in [-0.2, 0) is 0 Å². The molecule has 2 rings (SSSR count). The van der Waals surface area contributed by atoms with Crippen molar-refractivity contribution in [2.45, 2.75) is 39.8 Å².